The monoisotopic (exact) mass is 263 g/mol. The highest BCUT2D eigenvalue weighted by Crippen LogP contribution is 2.10. The minimum absolute atomic E-state index is 0.541. The molecule has 1 saturated heterocycles. The van der Waals surface area contributed by atoms with Crippen LogP contribution < -0.4 is 5.32 Å². The van der Waals surface area contributed by atoms with Gasteiger partial charge in [-0.15, -0.1) is 0 Å². The highest BCUT2D eigenvalue weighted by molar-refractivity contribution is 5.36. The Morgan fingerprint density at radius 2 is 2.11 bits per heavy atom. The van der Waals surface area contributed by atoms with E-state index in [-0.39, 0.29) is 0 Å². The van der Waals surface area contributed by atoms with E-state index >= 15 is 0 Å². The fourth-order valence-electron chi connectivity index (χ4n) is 2.45. The molecule has 0 radical (unpaired) electrons. The molecule has 19 heavy (non-hydrogen) atoms. The van der Waals surface area contributed by atoms with Gasteiger partial charge in [0.15, 0.2) is 0 Å². The second-order valence-electron chi connectivity index (χ2n) is 5.42. The van der Waals surface area contributed by atoms with Gasteiger partial charge in [0.05, 0.1) is 0 Å². The maximum Gasteiger partial charge on any atom is 0.129 e. The van der Waals surface area contributed by atoms with Crippen LogP contribution in [0.15, 0.2) is 6.07 Å². The van der Waals surface area contributed by atoms with Crippen LogP contribution in [0.3, 0.4) is 0 Å². The predicted octanol–water partition coefficient (Wildman–Crippen LogP) is 1.01. The topological polar surface area (TPSA) is 44.3 Å². The highest BCUT2D eigenvalue weighted by Gasteiger charge is 2.21. The molecule has 2 heterocycles. The molecule has 106 valence electrons. The number of hydrogen-bond acceptors (Lipinski definition) is 5. The van der Waals surface area contributed by atoms with Gasteiger partial charge in [-0.3, -0.25) is 4.90 Å². The summed E-state index contributed by atoms with van der Waals surface area (Å²) in [5.41, 5.74) is 1.10. The number of anilines is 1. The SMILES string of the molecule is CCc1cc(NCC2CN(C)CCN2C)nc(C)n1. The Hall–Kier alpha value is -1.20. The van der Waals surface area contributed by atoms with Crippen molar-refractivity contribution in [1.82, 2.24) is 19.8 Å². The maximum atomic E-state index is 4.46. The van der Waals surface area contributed by atoms with E-state index in [0.29, 0.717) is 6.04 Å². The molecule has 0 saturated carbocycles. The van der Waals surface area contributed by atoms with Crippen LogP contribution in [-0.2, 0) is 6.42 Å². The zero-order chi connectivity index (χ0) is 13.8. The largest absolute Gasteiger partial charge is 0.368 e. The summed E-state index contributed by atoms with van der Waals surface area (Å²) in [6.07, 6.45) is 0.949. The third-order valence-corrected chi connectivity index (χ3v) is 3.75. The van der Waals surface area contributed by atoms with Gasteiger partial charge < -0.3 is 10.2 Å². The first kappa shape index (κ1) is 14.2. The lowest BCUT2D eigenvalue weighted by molar-refractivity contribution is 0.122. The van der Waals surface area contributed by atoms with E-state index in [4.69, 9.17) is 0 Å². The molecule has 0 aliphatic carbocycles. The molecule has 1 aromatic heterocycles. The number of likely N-dealkylation sites (N-methyl/N-ethyl adjacent to an activating group) is 2. The Bertz CT molecular complexity index is 420. The number of piperazine rings is 1. The molecule has 1 atom stereocenters. The van der Waals surface area contributed by atoms with Crippen LogP contribution in [0.1, 0.15) is 18.4 Å². The molecule has 1 aliphatic rings. The highest BCUT2D eigenvalue weighted by atomic mass is 15.3. The van der Waals surface area contributed by atoms with Crippen molar-refractivity contribution in [2.24, 2.45) is 0 Å². The molecule has 5 heteroatoms. The lowest BCUT2D eigenvalue weighted by Crippen LogP contribution is -2.52. The zero-order valence-electron chi connectivity index (χ0n) is 12.5. The van der Waals surface area contributed by atoms with Crippen molar-refractivity contribution in [3.05, 3.63) is 17.6 Å². The molecule has 1 N–H and O–H groups in total. The van der Waals surface area contributed by atoms with Crippen molar-refractivity contribution < 1.29 is 0 Å². The van der Waals surface area contributed by atoms with Crippen molar-refractivity contribution >= 4 is 5.82 Å². The van der Waals surface area contributed by atoms with Crippen LogP contribution in [0, 0.1) is 6.92 Å². The molecule has 0 spiro atoms. The van der Waals surface area contributed by atoms with Gasteiger partial charge in [-0.25, -0.2) is 9.97 Å². The van der Waals surface area contributed by atoms with Gasteiger partial charge in [-0.1, -0.05) is 6.92 Å². The van der Waals surface area contributed by atoms with Crippen LogP contribution in [0.25, 0.3) is 0 Å². The second kappa shape index (κ2) is 6.30. The Balaban J connectivity index is 1.96. The number of hydrogen-bond donors (Lipinski definition) is 1. The van der Waals surface area contributed by atoms with E-state index in [0.717, 1.165) is 49.9 Å². The van der Waals surface area contributed by atoms with E-state index < -0.39 is 0 Å². The lowest BCUT2D eigenvalue weighted by atomic mass is 10.2. The van der Waals surface area contributed by atoms with Crippen molar-refractivity contribution in [3.8, 4) is 0 Å². The fourth-order valence-corrected chi connectivity index (χ4v) is 2.45. The molecule has 1 unspecified atom stereocenters. The quantitative estimate of drug-likeness (QED) is 0.878. The standard InChI is InChI=1S/C14H25N5/c1-5-12-8-14(17-11(2)16-12)15-9-13-10-18(3)6-7-19(13)4/h8,13H,5-7,9-10H2,1-4H3,(H,15,16,17). The third kappa shape index (κ3) is 3.88. The minimum atomic E-state index is 0.541. The number of aromatic nitrogens is 2. The van der Waals surface area contributed by atoms with E-state index in [2.05, 4.69) is 52.2 Å². The van der Waals surface area contributed by atoms with Crippen LogP contribution in [-0.4, -0.2) is 66.1 Å². The molecule has 1 aromatic rings. The first-order valence-electron chi connectivity index (χ1n) is 7.05. The van der Waals surface area contributed by atoms with Gasteiger partial charge in [0.2, 0.25) is 0 Å². The predicted molar refractivity (Wildman–Crippen MR) is 78.6 cm³/mol. The van der Waals surface area contributed by atoms with Gasteiger partial charge in [0, 0.05) is 44.0 Å². The average molecular weight is 263 g/mol. The van der Waals surface area contributed by atoms with E-state index in [1.54, 1.807) is 0 Å². The summed E-state index contributed by atoms with van der Waals surface area (Å²) >= 11 is 0. The van der Waals surface area contributed by atoms with Crippen LogP contribution in [0.4, 0.5) is 5.82 Å². The summed E-state index contributed by atoms with van der Waals surface area (Å²) in [7, 11) is 4.38. The Morgan fingerprint density at radius 1 is 1.32 bits per heavy atom. The third-order valence-electron chi connectivity index (χ3n) is 3.75. The zero-order valence-corrected chi connectivity index (χ0v) is 12.5. The fraction of sp³-hybridized carbons (Fsp3) is 0.714. The summed E-state index contributed by atoms with van der Waals surface area (Å²) in [5, 5.41) is 3.46. The number of nitrogens with zero attached hydrogens (tertiary/aromatic N) is 4. The maximum absolute atomic E-state index is 4.46. The first-order chi connectivity index (χ1) is 9.08. The Kier molecular flexibility index (Phi) is 4.71. The smallest absolute Gasteiger partial charge is 0.129 e. The summed E-state index contributed by atoms with van der Waals surface area (Å²) in [6.45, 7) is 8.39. The second-order valence-corrected chi connectivity index (χ2v) is 5.42. The molecule has 0 amide bonds. The van der Waals surface area contributed by atoms with Crippen molar-refractivity contribution in [2.75, 3.05) is 45.6 Å². The first-order valence-corrected chi connectivity index (χ1v) is 7.05. The van der Waals surface area contributed by atoms with E-state index in [9.17, 15) is 0 Å². The molecule has 2 rings (SSSR count). The summed E-state index contributed by atoms with van der Waals surface area (Å²) < 4.78 is 0. The van der Waals surface area contributed by atoms with E-state index in [1.807, 2.05) is 6.92 Å². The lowest BCUT2D eigenvalue weighted by Gasteiger charge is -2.37. The number of rotatable bonds is 4. The molecule has 5 nitrogen and oxygen atoms in total. The average Bonchev–Trinajstić information content (AvgIpc) is 2.39. The Labute approximate surface area is 116 Å². The van der Waals surface area contributed by atoms with Gasteiger partial charge in [-0.2, -0.15) is 0 Å². The normalized spacial score (nSPS) is 21.6. The summed E-state index contributed by atoms with van der Waals surface area (Å²) in [6, 6.07) is 2.60. The van der Waals surface area contributed by atoms with Gasteiger partial charge >= 0.3 is 0 Å². The van der Waals surface area contributed by atoms with E-state index in [1.165, 1.54) is 0 Å². The Morgan fingerprint density at radius 3 is 2.84 bits per heavy atom. The number of nitrogens with one attached hydrogen (secondary N) is 1. The van der Waals surface area contributed by atoms with Crippen LogP contribution in [0.2, 0.25) is 0 Å². The van der Waals surface area contributed by atoms with Crippen molar-refractivity contribution in [2.45, 2.75) is 26.3 Å². The van der Waals surface area contributed by atoms with Gasteiger partial charge in [0.25, 0.3) is 0 Å². The molecule has 1 fully saturated rings. The van der Waals surface area contributed by atoms with Crippen molar-refractivity contribution in [1.29, 1.82) is 0 Å². The molecule has 0 bridgehead atoms. The van der Waals surface area contributed by atoms with Crippen LogP contribution >= 0.6 is 0 Å². The molecular formula is C14H25N5. The summed E-state index contributed by atoms with van der Waals surface area (Å²) in [4.78, 5) is 13.7. The van der Waals surface area contributed by atoms with Gasteiger partial charge in [-0.05, 0) is 27.4 Å². The summed E-state index contributed by atoms with van der Waals surface area (Å²) in [5.74, 6) is 1.79. The molecule has 1 aliphatic heterocycles. The molecule has 0 aromatic carbocycles. The molecular weight excluding hydrogens is 238 g/mol. The number of aryl methyl sites for hydroxylation is 2. The van der Waals surface area contributed by atoms with Gasteiger partial charge in [0.1, 0.15) is 11.6 Å². The van der Waals surface area contributed by atoms with Crippen LogP contribution in [0.5, 0.6) is 0 Å². The minimum Gasteiger partial charge on any atom is -0.368 e. The van der Waals surface area contributed by atoms with Crippen molar-refractivity contribution in [3.63, 3.8) is 0 Å².